The Morgan fingerprint density at radius 3 is 2.57 bits per heavy atom. The van der Waals surface area contributed by atoms with E-state index >= 15 is 0 Å². The number of nitrogens with zero attached hydrogens (tertiary/aromatic N) is 3. The Labute approximate surface area is 124 Å². The lowest BCUT2D eigenvalue weighted by Gasteiger charge is -2.08. The summed E-state index contributed by atoms with van der Waals surface area (Å²) in [6.45, 7) is 5.16. The summed E-state index contributed by atoms with van der Waals surface area (Å²) in [5.74, 6) is 0.974. The van der Waals surface area contributed by atoms with Crippen LogP contribution in [0.2, 0.25) is 0 Å². The highest BCUT2D eigenvalue weighted by molar-refractivity contribution is 5.82. The summed E-state index contributed by atoms with van der Waals surface area (Å²) in [5, 5.41) is 9.04. The minimum atomic E-state index is 0.652. The molecule has 0 saturated carbocycles. The van der Waals surface area contributed by atoms with Crippen LogP contribution in [-0.4, -0.2) is 9.55 Å². The molecule has 3 nitrogen and oxygen atoms in total. The zero-order valence-electron chi connectivity index (χ0n) is 12.3. The zero-order valence-corrected chi connectivity index (χ0v) is 12.3. The van der Waals surface area contributed by atoms with Gasteiger partial charge in [-0.25, -0.2) is 4.98 Å². The van der Waals surface area contributed by atoms with Gasteiger partial charge in [-0.15, -0.1) is 0 Å². The number of hydrogen-bond donors (Lipinski definition) is 0. The second kappa shape index (κ2) is 5.41. The Morgan fingerprint density at radius 2 is 1.90 bits per heavy atom. The topological polar surface area (TPSA) is 41.6 Å². The number of hydrogen-bond acceptors (Lipinski definition) is 2. The Bertz CT molecular complexity index is 820. The lowest BCUT2D eigenvalue weighted by molar-refractivity contribution is 0.704. The number of imidazole rings is 1. The summed E-state index contributed by atoms with van der Waals surface area (Å²) in [6, 6.07) is 16.3. The SMILES string of the molecule is CCCn1c(-c2ccc(C)cc2)nc2cc(C#N)ccc21. The Balaban J connectivity index is 2.23. The van der Waals surface area contributed by atoms with E-state index in [-0.39, 0.29) is 0 Å². The molecule has 0 radical (unpaired) electrons. The molecule has 0 N–H and O–H groups in total. The minimum absolute atomic E-state index is 0.652. The Morgan fingerprint density at radius 1 is 1.14 bits per heavy atom. The molecule has 0 unspecified atom stereocenters. The number of benzene rings is 2. The standard InChI is InChI=1S/C18H17N3/c1-3-10-21-17-9-6-14(12-19)11-16(17)20-18(21)15-7-4-13(2)5-8-15/h4-9,11H,3,10H2,1-2H3. The molecular weight excluding hydrogens is 258 g/mol. The highest BCUT2D eigenvalue weighted by Crippen LogP contribution is 2.26. The first-order chi connectivity index (χ1) is 10.2. The van der Waals surface area contributed by atoms with Gasteiger partial charge in [0.15, 0.2) is 0 Å². The Hall–Kier alpha value is -2.60. The average molecular weight is 275 g/mol. The molecule has 3 heteroatoms. The number of aryl methyl sites for hydroxylation is 2. The predicted molar refractivity (Wildman–Crippen MR) is 84.9 cm³/mol. The molecule has 0 fully saturated rings. The number of nitriles is 1. The van der Waals surface area contributed by atoms with Crippen molar-refractivity contribution >= 4 is 11.0 Å². The van der Waals surface area contributed by atoms with Crippen molar-refractivity contribution < 1.29 is 0 Å². The number of aromatic nitrogens is 2. The Kier molecular flexibility index (Phi) is 3.45. The van der Waals surface area contributed by atoms with Crippen LogP contribution in [0.25, 0.3) is 22.4 Å². The number of fused-ring (bicyclic) bond motifs is 1. The molecule has 0 aliphatic rings. The molecule has 104 valence electrons. The van der Waals surface area contributed by atoms with Gasteiger partial charge in [0, 0.05) is 12.1 Å². The van der Waals surface area contributed by atoms with Crippen LogP contribution in [0.5, 0.6) is 0 Å². The van der Waals surface area contributed by atoms with Crippen LogP contribution in [0.1, 0.15) is 24.5 Å². The molecular formula is C18H17N3. The molecule has 0 spiro atoms. The second-order valence-electron chi connectivity index (χ2n) is 5.27. The molecule has 1 aromatic heterocycles. The van der Waals surface area contributed by atoms with Crippen LogP contribution < -0.4 is 0 Å². The van der Waals surface area contributed by atoms with Gasteiger partial charge in [0.05, 0.1) is 22.7 Å². The van der Waals surface area contributed by atoms with Crippen molar-refractivity contribution in [2.45, 2.75) is 26.8 Å². The lowest BCUT2D eigenvalue weighted by Crippen LogP contribution is -1.99. The quantitative estimate of drug-likeness (QED) is 0.715. The number of rotatable bonds is 3. The van der Waals surface area contributed by atoms with E-state index in [1.807, 2.05) is 18.2 Å². The van der Waals surface area contributed by atoms with Gasteiger partial charge in [0.2, 0.25) is 0 Å². The third kappa shape index (κ3) is 2.41. The van der Waals surface area contributed by atoms with Crippen LogP contribution in [-0.2, 0) is 6.54 Å². The molecule has 0 amide bonds. The largest absolute Gasteiger partial charge is 0.324 e. The van der Waals surface area contributed by atoms with Crippen molar-refractivity contribution in [2.75, 3.05) is 0 Å². The van der Waals surface area contributed by atoms with Crippen LogP contribution in [0.15, 0.2) is 42.5 Å². The van der Waals surface area contributed by atoms with Gasteiger partial charge < -0.3 is 4.57 Å². The highest BCUT2D eigenvalue weighted by atomic mass is 15.1. The van der Waals surface area contributed by atoms with Crippen molar-refractivity contribution in [3.8, 4) is 17.5 Å². The van der Waals surface area contributed by atoms with E-state index in [1.165, 1.54) is 5.56 Å². The van der Waals surface area contributed by atoms with Crippen LogP contribution >= 0.6 is 0 Å². The summed E-state index contributed by atoms with van der Waals surface area (Å²) in [4.78, 5) is 4.75. The molecule has 3 rings (SSSR count). The third-order valence-electron chi connectivity index (χ3n) is 3.63. The van der Waals surface area contributed by atoms with E-state index in [9.17, 15) is 0 Å². The maximum atomic E-state index is 9.04. The van der Waals surface area contributed by atoms with Crippen molar-refractivity contribution in [1.29, 1.82) is 5.26 Å². The lowest BCUT2D eigenvalue weighted by atomic mass is 10.1. The second-order valence-corrected chi connectivity index (χ2v) is 5.27. The van der Waals surface area contributed by atoms with Crippen molar-refractivity contribution in [1.82, 2.24) is 9.55 Å². The molecule has 0 bridgehead atoms. The fourth-order valence-electron chi connectivity index (χ4n) is 2.57. The molecule has 0 aliphatic heterocycles. The van der Waals surface area contributed by atoms with Crippen LogP contribution in [0, 0.1) is 18.3 Å². The maximum Gasteiger partial charge on any atom is 0.141 e. The van der Waals surface area contributed by atoms with Gasteiger partial charge in [-0.2, -0.15) is 5.26 Å². The van der Waals surface area contributed by atoms with Crippen LogP contribution in [0.4, 0.5) is 0 Å². The van der Waals surface area contributed by atoms with E-state index in [0.29, 0.717) is 5.56 Å². The van der Waals surface area contributed by atoms with E-state index in [1.54, 1.807) is 0 Å². The smallest absolute Gasteiger partial charge is 0.141 e. The minimum Gasteiger partial charge on any atom is -0.324 e. The monoisotopic (exact) mass is 275 g/mol. The zero-order chi connectivity index (χ0) is 14.8. The normalized spacial score (nSPS) is 10.7. The van der Waals surface area contributed by atoms with E-state index < -0.39 is 0 Å². The first kappa shape index (κ1) is 13.4. The molecule has 0 aliphatic carbocycles. The van der Waals surface area contributed by atoms with Gasteiger partial charge in [-0.05, 0) is 31.5 Å². The van der Waals surface area contributed by atoms with Crippen molar-refractivity contribution in [2.24, 2.45) is 0 Å². The van der Waals surface area contributed by atoms with Gasteiger partial charge in [0.25, 0.3) is 0 Å². The molecule has 3 aromatic rings. The molecule has 0 saturated heterocycles. The molecule has 2 aromatic carbocycles. The van der Waals surface area contributed by atoms with Gasteiger partial charge in [-0.3, -0.25) is 0 Å². The third-order valence-corrected chi connectivity index (χ3v) is 3.63. The molecule has 21 heavy (non-hydrogen) atoms. The predicted octanol–water partition coefficient (Wildman–Crippen LogP) is 4.29. The van der Waals surface area contributed by atoms with Crippen LogP contribution in [0.3, 0.4) is 0 Å². The van der Waals surface area contributed by atoms with Gasteiger partial charge in [-0.1, -0.05) is 36.8 Å². The van der Waals surface area contributed by atoms with Crippen molar-refractivity contribution in [3.05, 3.63) is 53.6 Å². The van der Waals surface area contributed by atoms with Crippen molar-refractivity contribution in [3.63, 3.8) is 0 Å². The summed E-state index contributed by atoms with van der Waals surface area (Å²) >= 11 is 0. The van der Waals surface area contributed by atoms with E-state index in [4.69, 9.17) is 10.2 Å². The highest BCUT2D eigenvalue weighted by Gasteiger charge is 2.12. The van der Waals surface area contributed by atoms with E-state index in [0.717, 1.165) is 35.4 Å². The average Bonchev–Trinajstić information content (AvgIpc) is 2.86. The fraction of sp³-hybridized carbons (Fsp3) is 0.222. The van der Waals surface area contributed by atoms with E-state index in [2.05, 4.69) is 48.7 Å². The summed E-state index contributed by atoms with van der Waals surface area (Å²) < 4.78 is 2.24. The summed E-state index contributed by atoms with van der Waals surface area (Å²) in [7, 11) is 0. The fourth-order valence-corrected chi connectivity index (χ4v) is 2.57. The summed E-state index contributed by atoms with van der Waals surface area (Å²) in [6.07, 6.45) is 1.05. The first-order valence-electron chi connectivity index (χ1n) is 7.20. The summed E-state index contributed by atoms with van der Waals surface area (Å²) in [5.41, 5.74) is 4.98. The molecule has 0 atom stereocenters. The maximum absolute atomic E-state index is 9.04. The first-order valence-corrected chi connectivity index (χ1v) is 7.20. The van der Waals surface area contributed by atoms with Gasteiger partial charge in [0.1, 0.15) is 5.82 Å². The molecule has 1 heterocycles. The van der Waals surface area contributed by atoms with Gasteiger partial charge >= 0.3 is 0 Å².